The van der Waals surface area contributed by atoms with Gasteiger partial charge in [-0.3, -0.25) is 9.59 Å². The fourth-order valence-electron chi connectivity index (χ4n) is 10.0. The minimum atomic E-state index is -3.17. The van der Waals surface area contributed by atoms with E-state index in [1.807, 2.05) is 36.4 Å². The number of alkyl carbamates (subject to hydrolysis) is 2. The summed E-state index contributed by atoms with van der Waals surface area (Å²) in [6.45, 7) is 7.44. The first-order valence-electron chi connectivity index (χ1n) is 22.0. The van der Waals surface area contributed by atoms with Crippen LogP contribution < -0.4 is 16.0 Å². The minimum Gasteiger partial charge on any atom is -0.453 e. The van der Waals surface area contributed by atoms with Gasteiger partial charge >= 0.3 is 12.2 Å². The van der Waals surface area contributed by atoms with Gasteiger partial charge in [0.15, 0.2) is 0 Å². The molecular weight excluding hydrogens is 851 g/mol. The van der Waals surface area contributed by atoms with E-state index in [1.165, 1.54) is 7.11 Å². The van der Waals surface area contributed by atoms with Crippen molar-refractivity contribution in [2.75, 3.05) is 27.3 Å². The lowest BCUT2D eigenvalue weighted by molar-refractivity contribution is -0.137. The standard InChI is InChI=1S/C46H55F4N9O6/c1-22(2)37(56-43(62)64-6)41(60)58-20-45(47,48)16-33(58)39-51-18-31(54-39)26-10-8-25(9-11-26)27-12-13-28(36-30-15-24(5)14-29(53-30)35(27)36)32-19-52-40(55-32)34-17-46(49,50)21-59(34)42(61)38(23(3)4)57-44(63)65-7/h8-13,18-19,22-24,29-30,33-34,37-38,53H,14-17,20-21H2,1-7H3,(H,51,54)(H,52,55)(H,56,62)(H,57,63). The molecule has 19 heteroatoms. The zero-order valence-electron chi connectivity index (χ0n) is 37.3. The van der Waals surface area contributed by atoms with Gasteiger partial charge in [-0.1, -0.05) is 71.0 Å². The van der Waals surface area contributed by atoms with Gasteiger partial charge < -0.3 is 45.2 Å². The van der Waals surface area contributed by atoms with E-state index in [1.54, 1.807) is 40.1 Å². The molecule has 8 rings (SSSR count). The first-order chi connectivity index (χ1) is 30.8. The number of ether oxygens (including phenoxy) is 2. The van der Waals surface area contributed by atoms with E-state index in [9.17, 15) is 28.0 Å². The van der Waals surface area contributed by atoms with Gasteiger partial charge in [-0.25, -0.2) is 37.1 Å². The molecule has 7 atom stereocenters. The second-order valence-electron chi connectivity index (χ2n) is 18.6. The molecule has 4 amide bonds. The number of hydrogen-bond donors (Lipinski definition) is 5. The van der Waals surface area contributed by atoms with Crippen molar-refractivity contribution in [3.8, 4) is 33.6 Å². The highest BCUT2D eigenvalue weighted by atomic mass is 19.3. The monoisotopic (exact) mass is 905 g/mol. The molecule has 2 aromatic heterocycles. The van der Waals surface area contributed by atoms with Crippen LogP contribution in [0.3, 0.4) is 0 Å². The molecule has 4 aromatic rings. The molecule has 7 unspecified atom stereocenters. The zero-order chi connectivity index (χ0) is 46.7. The Morgan fingerprint density at radius 3 is 1.58 bits per heavy atom. The highest BCUT2D eigenvalue weighted by Gasteiger charge is 2.52. The highest BCUT2D eigenvalue weighted by Crippen LogP contribution is 2.52. The van der Waals surface area contributed by atoms with E-state index in [0.717, 1.165) is 63.1 Å². The number of carbonyl (C=O) groups is 4. The second-order valence-corrected chi connectivity index (χ2v) is 18.6. The minimum absolute atomic E-state index is 0.0229. The van der Waals surface area contributed by atoms with Gasteiger partial charge in [-0.05, 0) is 58.4 Å². The van der Waals surface area contributed by atoms with Gasteiger partial charge in [-0.15, -0.1) is 0 Å². The Labute approximate surface area is 373 Å². The lowest BCUT2D eigenvalue weighted by Crippen LogP contribution is -2.51. The largest absolute Gasteiger partial charge is 0.453 e. The molecule has 0 radical (unpaired) electrons. The van der Waals surface area contributed by atoms with Crippen LogP contribution in [0.2, 0.25) is 0 Å². The van der Waals surface area contributed by atoms with Crippen LogP contribution in [0, 0.1) is 17.8 Å². The van der Waals surface area contributed by atoms with E-state index < -0.39 is 97.8 Å². The van der Waals surface area contributed by atoms with E-state index in [4.69, 9.17) is 4.74 Å². The Balaban J connectivity index is 1.07. The molecule has 348 valence electrons. The number of amides is 4. The SMILES string of the molecule is COC(=O)NC(C(=O)N1CC(F)(F)CC1c1ncc(-c2ccc(-c3ccc(-c4cnc(C5CC(F)(F)CN5C(=O)C(NC(=O)OC)C(C)C)[nH]4)c4c3C3CC(C)CC4N3)cc2)[nH]1)C(C)C. The first kappa shape index (κ1) is 45.6. The topological polar surface area (TPSA) is 187 Å². The van der Waals surface area contributed by atoms with Crippen molar-refractivity contribution in [3.05, 3.63) is 71.6 Å². The number of aromatic nitrogens is 4. The molecular formula is C46H55F4N9O6. The number of methoxy groups -OCH3 is 2. The quantitative estimate of drug-likeness (QED) is 0.0936. The molecule has 0 spiro atoms. The molecule has 3 fully saturated rings. The summed E-state index contributed by atoms with van der Waals surface area (Å²) in [5.41, 5.74) is 7.01. The van der Waals surface area contributed by atoms with Crippen LogP contribution in [-0.2, 0) is 19.1 Å². The first-order valence-corrected chi connectivity index (χ1v) is 22.0. The Kier molecular flexibility index (Phi) is 12.2. The number of halogens is 4. The molecule has 15 nitrogen and oxygen atoms in total. The van der Waals surface area contributed by atoms with Crippen LogP contribution in [0.15, 0.2) is 48.8 Å². The maximum Gasteiger partial charge on any atom is 0.407 e. The van der Waals surface area contributed by atoms with Crippen LogP contribution in [0.1, 0.15) is 107 Å². The van der Waals surface area contributed by atoms with Gasteiger partial charge in [0, 0.05) is 30.5 Å². The third-order valence-corrected chi connectivity index (χ3v) is 13.2. The third kappa shape index (κ3) is 8.90. The fourth-order valence-corrected chi connectivity index (χ4v) is 10.0. The summed E-state index contributed by atoms with van der Waals surface area (Å²) in [5.74, 6) is -7.59. The number of nitrogens with zero attached hydrogens (tertiary/aromatic N) is 4. The molecule has 4 aliphatic rings. The summed E-state index contributed by atoms with van der Waals surface area (Å²) in [7, 11) is 2.33. The second kappa shape index (κ2) is 17.4. The van der Waals surface area contributed by atoms with Crippen molar-refractivity contribution >= 4 is 24.0 Å². The number of rotatable bonds is 11. The Morgan fingerprint density at radius 2 is 1.11 bits per heavy atom. The Bertz CT molecular complexity index is 2460. The number of aromatic amines is 2. The average Bonchev–Trinajstić information content (AvgIpc) is 4.11. The van der Waals surface area contributed by atoms with E-state index in [2.05, 4.69) is 47.5 Å². The lowest BCUT2D eigenvalue weighted by Gasteiger charge is -2.29. The predicted molar refractivity (Wildman–Crippen MR) is 230 cm³/mol. The third-order valence-electron chi connectivity index (χ3n) is 13.2. The number of likely N-dealkylation sites (tertiary alicyclic amines) is 2. The predicted octanol–water partition coefficient (Wildman–Crippen LogP) is 7.83. The van der Waals surface area contributed by atoms with Gasteiger partial charge in [-0.2, -0.15) is 0 Å². The molecule has 4 aliphatic heterocycles. The number of H-pyrrole nitrogens is 2. The van der Waals surface area contributed by atoms with E-state index >= 15 is 8.78 Å². The molecule has 0 saturated carbocycles. The Morgan fingerprint density at radius 1 is 0.677 bits per heavy atom. The van der Waals surface area contributed by atoms with E-state index in [0.29, 0.717) is 17.3 Å². The van der Waals surface area contributed by atoms with Crippen molar-refractivity contribution in [2.45, 2.75) is 108 Å². The summed E-state index contributed by atoms with van der Waals surface area (Å²) >= 11 is 0. The van der Waals surface area contributed by atoms with Crippen LogP contribution in [0.25, 0.3) is 33.6 Å². The van der Waals surface area contributed by atoms with Crippen molar-refractivity contribution in [1.82, 2.24) is 45.7 Å². The van der Waals surface area contributed by atoms with Crippen molar-refractivity contribution in [3.63, 3.8) is 0 Å². The summed E-state index contributed by atoms with van der Waals surface area (Å²) in [5, 5.41) is 8.78. The van der Waals surface area contributed by atoms with Gasteiger partial charge in [0.1, 0.15) is 23.7 Å². The molecule has 0 aliphatic carbocycles. The van der Waals surface area contributed by atoms with Gasteiger partial charge in [0.05, 0.1) is 63.2 Å². The lowest BCUT2D eigenvalue weighted by atomic mass is 9.88. The molecule has 5 N–H and O–H groups in total. The number of carbonyl (C=O) groups excluding carboxylic acids is 4. The number of fused-ring (bicyclic) bond motifs is 5. The molecule has 3 saturated heterocycles. The summed E-state index contributed by atoms with van der Waals surface area (Å²) in [6, 6.07) is 7.66. The van der Waals surface area contributed by atoms with Crippen LogP contribution >= 0.6 is 0 Å². The van der Waals surface area contributed by atoms with Crippen molar-refractivity contribution in [2.24, 2.45) is 17.8 Å². The van der Waals surface area contributed by atoms with Crippen LogP contribution in [0.5, 0.6) is 0 Å². The number of nitrogens with one attached hydrogen (secondary N) is 5. The number of benzene rings is 2. The number of hydrogen-bond acceptors (Lipinski definition) is 9. The summed E-state index contributed by atoms with van der Waals surface area (Å²) < 4.78 is 69.5. The summed E-state index contributed by atoms with van der Waals surface area (Å²) in [6.07, 6.45) is 2.04. The number of imidazole rings is 2. The normalized spacial score (nSPS) is 23.9. The van der Waals surface area contributed by atoms with E-state index in [-0.39, 0.29) is 23.7 Å². The Hall–Kier alpha value is -5.98. The van der Waals surface area contributed by atoms with Crippen LogP contribution in [-0.4, -0.2) is 105 Å². The van der Waals surface area contributed by atoms with Crippen molar-refractivity contribution in [1.29, 1.82) is 0 Å². The number of alkyl halides is 4. The molecule has 65 heavy (non-hydrogen) atoms. The van der Waals surface area contributed by atoms with Crippen molar-refractivity contribution < 1.29 is 46.2 Å². The highest BCUT2D eigenvalue weighted by molar-refractivity contribution is 5.87. The maximum absolute atomic E-state index is 15.1. The fraction of sp³-hybridized carbons (Fsp3) is 0.522. The number of piperidine rings is 1. The van der Waals surface area contributed by atoms with Gasteiger partial charge in [0.25, 0.3) is 11.8 Å². The van der Waals surface area contributed by atoms with Crippen LogP contribution in [0.4, 0.5) is 27.2 Å². The zero-order valence-corrected chi connectivity index (χ0v) is 37.3. The molecule has 2 bridgehead atoms. The smallest absolute Gasteiger partial charge is 0.407 e. The van der Waals surface area contributed by atoms with Gasteiger partial charge in [0.2, 0.25) is 11.8 Å². The average molecular weight is 906 g/mol. The summed E-state index contributed by atoms with van der Waals surface area (Å²) in [4.78, 5) is 69.2. The maximum atomic E-state index is 15.1. The molecule has 6 heterocycles. The molecule has 2 aromatic carbocycles.